The average molecular weight is 161 g/mol. The first-order valence-corrected chi connectivity index (χ1v) is 4.58. The molecule has 0 radical (unpaired) electrons. The highest BCUT2D eigenvalue weighted by Gasteiger charge is 2.19. The second-order valence-electron chi connectivity index (χ2n) is 3.66. The van der Waals surface area contributed by atoms with E-state index < -0.39 is 0 Å². The highest BCUT2D eigenvalue weighted by Crippen LogP contribution is 2.26. The molecule has 2 rings (SSSR count). The predicted molar refractivity (Wildman–Crippen MR) is 51.3 cm³/mol. The van der Waals surface area contributed by atoms with Crippen LogP contribution in [0.2, 0.25) is 0 Å². The minimum atomic E-state index is 0.630. The maximum atomic E-state index is 3.43. The molecule has 1 fully saturated rings. The van der Waals surface area contributed by atoms with Gasteiger partial charge in [-0.15, -0.1) is 0 Å². The molecule has 1 nitrogen and oxygen atoms in total. The molecular weight excluding hydrogens is 146 g/mol. The third-order valence-corrected chi connectivity index (χ3v) is 2.63. The Hall–Kier alpha value is -0.820. The first-order chi connectivity index (χ1) is 5.77. The summed E-state index contributed by atoms with van der Waals surface area (Å²) < 4.78 is 0. The Morgan fingerprint density at radius 1 is 1.33 bits per heavy atom. The molecule has 1 heterocycles. The second-order valence-corrected chi connectivity index (χ2v) is 3.66. The van der Waals surface area contributed by atoms with Crippen LogP contribution in [0.1, 0.15) is 29.2 Å². The zero-order valence-electron chi connectivity index (χ0n) is 7.72. The molecule has 1 aromatic carbocycles. The molecule has 1 aromatic rings. The molecule has 0 spiro atoms. The number of nitrogens with one attached hydrogen (secondary N) is 1. The first-order valence-electron chi connectivity index (χ1n) is 4.58. The van der Waals surface area contributed by atoms with Gasteiger partial charge in [-0.2, -0.15) is 0 Å². The molecule has 1 saturated heterocycles. The topological polar surface area (TPSA) is 12.0 Å². The van der Waals surface area contributed by atoms with Gasteiger partial charge in [0.2, 0.25) is 0 Å². The van der Waals surface area contributed by atoms with Crippen LogP contribution in [0.15, 0.2) is 18.2 Å². The quantitative estimate of drug-likeness (QED) is 0.666. The van der Waals surface area contributed by atoms with Crippen LogP contribution in [0.25, 0.3) is 0 Å². The summed E-state index contributed by atoms with van der Waals surface area (Å²) in [7, 11) is 0. The maximum Gasteiger partial charge on any atom is 0.0335 e. The number of aryl methyl sites for hydroxylation is 2. The van der Waals surface area contributed by atoms with E-state index >= 15 is 0 Å². The van der Waals surface area contributed by atoms with Gasteiger partial charge in [-0.25, -0.2) is 0 Å². The van der Waals surface area contributed by atoms with Gasteiger partial charge in [0, 0.05) is 6.04 Å². The highest BCUT2D eigenvalue weighted by molar-refractivity contribution is 5.33. The van der Waals surface area contributed by atoms with E-state index in [4.69, 9.17) is 0 Å². The van der Waals surface area contributed by atoms with Crippen molar-refractivity contribution in [2.45, 2.75) is 26.3 Å². The van der Waals surface area contributed by atoms with Crippen LogP contribution in [0.5, 0.6) is 0 Å². The van der Waals surface area contributed by atoms with E-state index in [1.807, 2.05) is 0 Å². The van der Waals surface area contributed by atoms with Crippen molar-refractivity contribution in [3.63, 3.8) is 0 Å². The third kappa shape index (κ3) is 1.25. The molecule has 0 bridgehead atoms. The van der Waals surface area contributed by atoms with Gasteiger partial charge in [0.05, 0.1) is 0 Å². The fraction of sp³-hybridized carbons (Fsp3) is 0.455. The van der Waals surface area contributed by atoms with Crippen molar-refractivity contribution >= 4 is 0 Å². The monoisotopic (exact) mass is 161 g/mol. The van der Waals surface area contributed by atoms with Crippen LogP contribution in [0.4, 0.5) is 0 Å². The zero-order valence-corrected chi connectivity index (χ0v) is 7.72. The Kier molecular flexibility index (Phi) is 1.89. The summed E-state index contributed by atoms with van der Waals surface area (Å²) in [5, 5.41) is 3.43. The number of rotatable bonds is 1. The molecule has 12 heavy (non-hydrogen) atoms. The molecule has 1 aliphatic heterocycles. The number of hydrogen-bond acceptors (Lipinski definition) is 1. The van der Waals surface area contributed by atoms with E-state index in [1.54, 1.807) is 0 Å². The predicted octanol–water partition coefficient (Wildman–Crippen LogP) is 2.34. The van der Waals surface area contributed by atoms with Crippen LogP contribution >= 0.6 is 0 Å². The summed E-state index contributed by atoms with van der Waals surface area (Å²) in [4.78, 5) is 0. The molecule has 0 unspecified atom stereocenters. The Labute approximate surface area is 73.8 Å². The van der Waals surface area contributed by atoms with Crippen LogP contribution in [-0.4, -0.2) is 6.54 Å². The van der Waals surface area contributed by atoms with Gasteiger partial charge in [0.1, 0.15) is 0 Å². The molecule has 0 aromatic heterocycles. The smallest absolute Gasteiger partial charge is 0.0335 e. The van der Waals surface area contributed by atoms with Gasteiger partial charge in [-0.05, 0) is 37.9 Å². The first kappa shape index (κ1) is 7.81. The Balaban J connectivity index is 2.34. The van der Waals surface area contributed by atoms with Crippen molar-refractivity contribution in [1.82, 2.24) is 5.32 Å². The summed E-state index contributed by atoms with van der Waals surface area (Å²) >= 11 is 0. The summed E-state index contributed by atoms with van der Waals surface area (Å²) in [5.41, 5.74) is 4.27. The average Bonchev–Trinajstić information content (AvgIpc) is 1.93. The summed E-state index contributed by atoms with van der Waals surface area (Å²) in [6, 6.07) is 7.32. The van der Waals surface area contributed by atoms with Crippen LogP contribution in [0, 0.1) is 13.8 Å². The van der Waals surface area contributed by atoms with Crippen molar-refractivity contribution in [3.05, 3.63) is 34.9 Å². The summed E-state index contributed by atoms with van der Waals surface area (Å²) in [6.45, 7) is 5.52. The lowest BCUT2D eigenvalue weighted by atomic mass is 9.93. The molecule has 0 saturated carbocycles. The fourth-order valence-electron chi connectivity index (χ4n) is 1.69. The van der Waals surface area contributed by atoms with Crippen molar-refractivity contribution in [3.8, 4) is 0 Å². The number of benzene rings is 1. The van der Waals surface area contributed by atoms with Crippen LogP contribution in [-0.2, 0) is 0 Å². The van der Waals surface area contributed by atoms with E-state index in [1.165, 1.54) is 29.7 Å². The van der Waals surface area contributed by atoms with Crippen molar-refractivity contribution in [2.24, 2.45) is 0 Å². The molecular formula is C11H15N. The van der Waals surface area contributed by atoms with Crippen molar-refractivity contribution in [2.75, 3.05) is 6.54 Å². The minimum Gasteiger partial charge on any atom is -0.310 e. The minimum absolute atomic E-state index is 0.630. The standard InChI is InChI=1S/C11H15N/c1-8-3-4-9(2)10(7-8)11-5-6-12-11/h3-4,7,11-12H,5-6H2,1-2H3/t11-/m0/s1. The van der Waals surface area contributed by atoms with Gasteiger partial charge in [-0.1, -0.05) is 23.8 Å². The van der Waals surface area contributed by atoms with E-state index in [2.05, 4.69) is 37.4 Å². The lowest BCUT2D eigenvalue weighted by Crippen LogP contribution is -2.35. The lowest BCUT2D eigenvalue weighted by molar-refractivity contribution is 0.382. The van der Waals surface area contributed by atoms with Crippen molar-refractivity contribution in [1.29, 1.82) is 0 Å². The summed E-state index contributed by atoms with van der Waals surface area (Å²) in [6.07, 6.45) is 1.30. The van der Waals surface area contributed by atoms with E-state index in [-0.39, 0.29) is 0 Å². The maximum absolute atomic E-state index is 3.43. The fourth-order valence-corrected chi connectivity index (χ4v) is 1.69. The normalized spacial score (nSPS) is 22.0. The van der Waals surface area contributed by atoms with Crippen molar-refractivity contribution < 1.29 is 0 Å². The Morgan fingerprint density at radius 3 is 2.67 bits per heavy atom. The molecule has 0 amide bonds. The number of hydrogen-bond donors (Lipinski definition) is 1. The van der Waals surface area contributed by atoms with Gasteiger partial charge in [0.25, 0.3) is 0 Å². The van der Waals surface area contributed by atoms with Gasteiger partial charge in [-0.3, -0.25) is 0 Å². The van der Waals surface area contributed by atoms with Gasteiger partial charge >= 0.3 is 0 Å². The molecule has 1 aliphatic rings. The summed E-state index contributed by atoms with van der Waals surface area (Å²) in [5.74, 6) is 0. The van der Waals surface area contributed by atoms with E-state index in [0.29, 0.717) is 6.04 Å². The molecule has 1 heteroatoms. The largest absolute Gasteiger partial charge is 0.310 e. The molecule has 0 aliphatic carbocycles. The van der Waals surface area contributed by atoms with Gasteiger partial charge in [0.15, 0.2) is 0 Å². The van der Waals surface area contributed by atoms with Gasteiger partial charge < -0.3 is 5.32 Å². The second kappa shape index (κ2) is 2.91. The lowest BCUT2D eigenvalue weighted by Gasteiger charge is -2.29. The molecule has 64 valence electrons. The molecule has 1 N–H and O–H groups in total. The Morgan fingerprint density at radius 2 is 2.08 bits per heavy atom. The van der Waals surface area contributed by atoms with E-state index in [9.17, 15) is 0 Å². The zero-order chi connectivity index (χ0) is 8.55. The van der Waals surface area contributed by atoms with Crippen LogP contribution < -0.4 is 5.32 Å². The van der Waals surface area contributed by atoms with E-state index in [0.717, 1.165) is 0 Å². The highest BCUT2D eigenvalue weighted by atomic mass is 15.0. The Bertz CT molecular complexity index is 287. The van der Waals surface area contributed by atoms with Crippen LogP contribution in [0.3, 0.4) is 0 Å². The third-order valence-electron chi connectivity index (χ3n) is 2.63. The molecule has 1 atom stereocenters. The SMILES string of the molecule is Cc1ccc(C)c([C@@H]2CCN2)c1.